The van der Waals surface area contributed by atoms with Crippen LogP contribution in [0.1, 0.15) is 9.67 Å². The van der Waals surface area contributed by atoms with Gasteiger partial charge in [0, 0.05) is 17.1 Å². The van der Waals surface area contributed by atoms with Gasteiger partial charge in [-0.3, -0.25) is 0 Å². The second-order valence-electron chi connectivity index (χ2n) is 4.49. The zero-order valence-electron chi connectivity index (χ0n) is 11.3. The molecule has 0 aliphatic carbocycles. The molecule has 4 nitrogen and oxygen atoms in total. The van der Waals surface area contributed by atoms with Gasteiger partial charge < -0.3 is 15.2 Å². The maximum absolute atomic E-state index is 11.2. The van der Waals surface area contributed by atoms with Gasteiger partial charge in [-0.25, -0.2) is 4.79 Å². The van der Waals surface area contributed by atoms with E-state index in [-0.39, 0.29) is 0 Å². The Morgan fingerprint density at radius 2 is 2.05 bits per heavy atom. The highest BCUT2D eigenvalue weighted by molar-refractivity contribution is 7.12. The van der Waals surface area contributed by atoms with E-state index in [1.165, 1.54) is 11.3 Å². The number of hydrogen-bond donors (Lipinski definition) is 2. The Hall–Kier alpha value is -2.53. The van der Waals surface area contributed by atoms with Crippen LogP contribution >= 0.6 is 11.3 Å². The highest BCUT2D eigenvalue weighted by Crippen LogP contribution is 2.33. The lowest BCUT2D eigenvalue weighted by molar-refractivity contribution is 0.0703. The number of anilines is 2. The highest BCUT2D eigenvalue weighted by Gasteiger charge is 2.12. The zero-order chi connectivity index (χ0) is 14.8. The first kappa shape index (κ1) is 13.5. The van der Waals surface area contributed by atoms with Gasteiger partial charge >= 0.3 is 5.97 Å². The summed E-state index contributed by atoms with van der Waals surface area (Å²) in [7, 11) is 1.62. The van der Waals surface area contributed by atoms with Crippen molar-refractivity contribution in [1.82, 2.24) is 0 Å². The summed E-state index contributed by atoms with van der Waals surface area (Å²) in [6.07, 6.45) is 0. The Kier molecular flexibility index (Phi) is 3.50. The van der Waals surface area contributed by atoms with Crippen molar-refractivity contribution >= 4 is 39.5 Å². The van der Waals surface area contributed by atoms with Crippen LogP contribution in [0.15, 0.2) is 47.8 Å². The number of carboxylic acid groups (broad SMARTS) is 1. The minimum Gasteiger partial charge on any atom is -0.496 e. The zero-order valence-corrected chi connectivity index (χ0v) is 12.1. The van der Waals surface area contributed by atoms with E-state index in [0.717, 1.165) is 22.2 Å². The van der Waals surface area contributed by atoms with Crippen LogP contribution in [0.2, 0.25) is 0 Å². The number of ether oxygens (including phenoxy) is 1. The van der Waals surface area contributed by atoms with Crippen molar-refractivity contribution in [2.75, 3.05) is 12.4 Å². The van der Waals surface area contributed by atoms with Crippen LogP contribution in [0.4, 0.5) is 11.4 Å². The van der Waals surface area contributed by atoms with Crippen molar-refractivity contribution in [3.05, 3.63) is 52.7 Å². The summed E-state index contributed by atoms with van der Waals surface area (Å²) in [5, 5.41) is 16.1. The molecule has 0 radical (unpaired) electrons. The number of nitrogens with one attached hydrogen (secondary N) is 1. The van der Waals surface area contributed by atoms with Crippen LogP contribution in [0.5, 0.6) is 5.75 Å². The monoisotopic (exact) mass is 299 g/mol. The minimum absolute atomic E-state index is 0.294. The van der Waals surface area contributed by atoms with Crippen LogP contribution in [0.25, 0.3) is 10.8 Å². The van der Waals surface area contributed by atoms with E-state index in [1.807, 2.05) is 36.4 Å². The largest absolute Gasteiger partial charge is 0.496 e. The van der Waals surface area contributed by atoms with E-state index in [9.17, 15) is 4.79 Å². The topological polar surface area (TPSA) is 58.6 Å². The van der Waals surface area contributed by atoms with Gasteiger partial charge in [0.2, 0.25) is 0 Å². The predicted molar refractivity (Wildman–Crippen MR) is 85.1 cm³/mol. The van der Waals surface area contributed by atoms with E-state index in [1.54, 1.807) is 18.6 Å². The molecule has 0 aliphatic rings. The van der Waals surface area contributed by atoms with Crippen molar-refractivity contribution in [2.24, 2.45) is 0 Å². The molecule has 0 aliphatic heterocycles. The average Bonchev–Trinajstić information content (AvgIpc) is 2.94. The second kappa shape index (κ2) is 5.46. The molecule has 106 valence electrons. The summed E-state index contributed by atoms with van der Waals surface area (Å²) in [5.74, 6) is -0.178. The molecule has 0 spiro atoms. The number of methoxy groups -OCH3 is 1. The fourth-order valence-electron chi connectivity index (χ4n) is 2.25. The third-order valence-corrected chi connectivity index (χ3v) is 4.08. The van der Waals surface area contributed by atoms with Gasteiger partial charge in [-0.2, -0.15) is 0 Å². The van der Waals surface area contributed by atoms with Gasteiger partial charge in [0.05, 0.1) is 12.8 Å². The number of carboxylic acids is 1. The summed E-state index contributed by atoms with van der Waals surface area (Å²) in [6, 6.07) is 13.5. The molecule has 21 heavy (non-hydrogen) atoms. The predicted octanol–water partition coefficient (Wildman–Crippen LogP) is 4.35. The van der Waals surface area contributed by atoms with E-state index < -0.39 is 5.97 Å². The molecular formula is C16H13NO3S. The Morgan fingerprint density at radius 1 is 1.24 bits per heavy atom. The molecule has 0 bridgehead atoms. The van der Waals surface area contributed by atoms with Crippen LogP contribution < -0.4 is 10.1 Å². The van der Waals surface area contributed by atoms with Crippen molar-refractivity contribution in [1.29, 1.82) is 0 Å². The van der Waals surface area contributed by atoms with E-state index in [2.05, 4.69) is 5.32 Å². The third-order valence-electron chi connectivity index (χ3n) is 3.18. The lowest BCUT2D eigenvalue weighted by Crippen LogP contribution is -1.99. The summed E-state index contributed by atoms with van der Waals surface area (Å²) in [5.41, 5.74) is 1.39. The Labute approximate surface area is 125 Å². The summed E-state index contributed by atoms with van der Waals surface area (Å²) < 4.78 is 5.41. The first-order valence-electron chi connectivity index (χ1n) is 6.33. The molecule has 0 amide bonds. The summed E-state index contributed by atoms with van der Waals surface area (Å²) in [4.78, 5) is 11.4. The molecule has 0 atom stereocenters. The number of thiophene rings is 1. The van der Waals surface area contributed by atoms with Crippen molar-refractivity contribution in [3.8, 4) is 5.75 Å². The Balaban J connectivity index is 2.05. The first-order valence-corrected chi connectivity index (χ1v) is 7.21. The van der Waals surface area contributed by atoms with Crippen LogP contribution in [-0.2, 0) is 0 Å². The van der Waals surface area contributed by atoms with Crippen molar-refractivity contribution in [2.45, 2.75) is 0 Å². The van der Waals surface area contributed by atoms with E-state index in [0.29, 0.717) is 10.6 Å². The molecule has 1 heterocycles. The van der Waals surface area contributed by atoms with Gasteiger partial charge in [0.25, 0.3) is 0 Å². The average molecular weight is 299 g/mol. The number of fused-ring (bicyclic) bond motifs is 1. The fourth-order valence-corrected chi connectivity index (χ4v) is 2.93. The fraction of sp³-hybridized carbons (Fsp3) is 0.0625. The quantitative estimate of drug-likeness (QED) is 0.752. The van der Waals surface area contributed by atoms with E-state index >= 15 is 0 Å². The molecule has 0 fully saturated rings. The SMILES string of the molecule is COc1cc(Nc2ccsc2C(=O)O)cc2ccccc12. The standard InChI is InChI=1S/C16H13NO3S/c1-20-14-9-11(8-10-4-2-3-5-12(10)14)17-13-6-7-21-15(13)16(18)19/h2-9,17H,1H3,(H,18,19). The van der Waals surface area contributed by atoms with Gasteiger partial charge in [0.15, 0.2) is 0 Å². The Bertz CT molecular complexity index is 810. The number of carbonyl (C=O) groups is 1. The molecule has 3 aromatic rings. The number of hydrogen-bond acceptors (Lipinski definition) is 4. The van der Waals surface area contributed by atoms with Gasteiger partial charge in [-0.15, -0.1) is 11.3 Å². The lowest BCUT2D eigenvalue weighted by atomic mass is 10.1. The molecular weight excluding hydrogens is 286 g/mol. The first-order chi connectivity index (χ1) is 10.2. The molecule has 2 aromatic carbocycles. The summed E-state index contributed by atoms with van der Waals surface area (Å²) in [6.45, 7) is 0. The smallest absolute Gasteiger partial charge is 0.348 e. The molecule has 1 aromatic heterocycles. The molecule has 3 rings (SSSR count). The maximum Gasteiger partial charge on any atom is 0.348 e. The number of benzene rings is 2. The number of aromatic carboxylic acids is 1. The Morgan fingerprint density at radius 3 is 2.81 bits per heavy atom. The van der Waals surface area contributed by atoms with Gasteiger partial charge in [-0.1, -0.05) is 24.3 Å². The molecule has 2 N–H and O–H groups in total. The number of rotatable bonds is 4. The minimum atomic E-state index is -0.930. The second-order valence-corrected chi connectivity index (χ2v) is 5.41. The van der Waals surface area contributed by atoms with Crippen LogP contribution in [0, 0.1) is 0 Å². The lowest BCUT2D eigenvalue weighted by Gasteiger charge is -2.11. The molecule has 0 saturated heterocycles. The third kappa shape index (κ3) is 2.55. The normalized spacial score (nSPS) is 10.5. The van der Waals surface area contributed by atoms with Gasteiger partial charge in [-0.05, 0) is 22.9 Å². The van der Waals surface area contributed by atoms with Gasteiger partial charge in [0.1, 0.15) is 10.6 Å². The van der Waals surface area contributed by atoms with E-state index in [4.69, 9.17) is 9.84 Å². The highest BCUT2D eigenvalue weighted by atomic mass is 32.1. The van der Waals surface area contributed by atoms with Crippen molar-refractivity contribution in [3.63, 3.8) is 0 Å². The molecule has 0 unspecified atom stereocenters. The summed E-state index contributed by atoms with van der Waals surface area (Å²) >= 11 is 1.20. The molecule has 0 saturated carbocycles. The molecule has 5 heteroatoms. The van der Waals surface area contributed by atoms with Crippen molar-refractivity contribution < 1.29 is 14.6 Å². The van der Waals surface area contributed by atoms with Crippen LogP contribution in [0.3, 0.4) is 0 Å². The van der Waals surface area contributed by atoms with Crippen LogP contribution in [-0.4, -0.2) is 18.2 Å². The maximum atomic E-state index is 11.2.